The zero-order chi connectivity index (χ0) is 14.9. The molecular weight excluding hydrogens is 272 g/mol. The van der Waals surface area contributed by atoms with Crippen molar-refractivity contribution in [2.75, 3.05) is 13.2 Å². The molecule has 3 rings (SSSR count). The maximum Gasteiger partial charge on any atom is 0.163 e. The van der Waals surface area contributed by atoms with Gasteiger partial charge in [0, 0.05) is 0 Å². The van der Waals surface area contributed by atoms with Crippen molar-refractivity contribution in [1.29, 1.82) is 0 Å². The highest BCUT2D eigenvalue weighted by Gasteiger charge is 2.47. The monoisotopic (exact) mass is 294 g/mol. The summed E-state index contributed by atoms with van der Waals surface area (Å²) in [5.74, 6) is -0.685. The molecule has 4 atom stereocenters. The topological polar surface area (TPSA) is 57.2 Å². The molecule has 1 aromatic rings. The average molecular weight is 294 g/mol. The van der Waals surface area contributed by atoms with E-state index in [0.29, 0.717) is 13.2 Å². The molecule has 2 unspecified atom stereocenters. The molecule has 2 aliphatic rings. The summed E-state index contributed by atoms with van der Waals surface area (Å²) in [7, 11) is 0. The van der Waals surface area contributed by atoms with Crippen LogP contribution < -0.4 is 0 Å². The standard InChI is InChI=1S/C16H22O5/c1-16(2)20-10-13-15(21-16)14(12(17)9-18-13)19-8-11-6-4-3-5-7-11/h3-7,12-15,17H,8-10H2,1-2H3/t12?,13?,14-,15+/m1/s1. The molecule has 0 amide bonds. The Morgan fingerprint density at radius 1 is 1.24 bits per heavy atom. The van der Waals surface area contributed by atoms with Crippen LogP contribution in [-0.2, 0) is 25.6 Å². The third-order valence-electron chi connectivity index (χ3n) is 3.85. The van der Waals surface area contributed by atoms with E-state index in [1.54, 1.807) is 0 Å². The van der Waals surface area contributed by atoms with Crippen LogP contribution in [-0.4, -0.2) is 48.5 Å². The first kappa shape index (κ1) is 14.9. The second-order valence-corrected chi connectivity index (χ2v) is 5.99. The first-order chi connectivity index (χ1) is 10.1. The molecule has 0 radical (unpaired) electrons. The van der Waals surface area contributed by atoms with Crippen LogP contribution in [0.5, 0.6) is 0 Å². The highest BCUT2D eigenvalue weighted by atomic mass is 16.7. The number of aliphatic hydroxyl groups is 1. The molecule has 2 heterocycles. The number of rotatable bonds is 3. The maximum absolute atomic E-state index is 10.2. The lowest BCUT2D eigenvalue weighted by molar-refractivity contribution is -0.351. The number of hydrogen-bond donors (Lipinski definition) is 1. The van der Waals surface area contributed by atoms with Crippen molar-refractivity contribution >= 4 is 0 Å². The fourth-order valence-corrected chi connectivity index (χ4v) is 2.75. The molecule has 2 saturated heterocycles. The molecule has 1 N–H and O–H groups in total. The van der Waals surface area contributed by atoms with Crippen molar-refractivity contribution in [1.82, 2.24) is 0 Å². The number of benzene rings is 1. The van der Waals surface area contributed by atoms with Gasteiger partial charge in [-0.15, -0.1) is 0 Å². The van der Waals surface area contributed by atoms with E-state index in [4.69, 9.17) is 18.9 Å². The molecule has 116 valence electrons. The van der Waals surface area contributed by atoms with Gasteiger partial charge in [-0.2, -0.15) is 0 Å². The Hall–Kier alpha value is -0.980. The number of hydrogen-bond acceptors (Lipinski definition) is 5. The SMILES string of the molecule is CC1(C)OCC2OCC(O)[C@@H](OCc3ccccc3)[C@H]2O1. The Labute approximate surface area is 124 Å². The Kier molecular flexibility index (Phi) is 4.28. The quantitative estimate of drug-likeness (QED) is 0.915. The summed E-state index contributed by atoms with van der Waals surface area (Å²) in [6, 6.07) is 9.90. The molecule has 5 heteroatoms. The molecule has 21 heavy (non-hydrogen) atoms. The van der Waals surface area contributed by atoms with Gasteiger partial charge in [0.1, 0.15) is 24.4 Å². The lowest BCUT2D eigenvalue weighted by atomic mass is 9.98. The molecule has 2 aliphatic heterocycles. The molecule has 5 nitrogen and oxygen atoms in total. The summed E-state index contributed by atoms with van der Waals surface area (Å²) in [5.41, 5.74) is 1.07. The highest BCUT2D eigenvalue weighted by Crippen LogP contribution is 2.31. The zero-order valence-electron chi connectivity index (χ0n) is 12.4. The summed E-state index contributed by atoms with van der Waals surface area (Å²) < 4.78 is 23.0. The van der Waals surface area contributed by atoms with Crippen LogP contribution in [0.3, 0.4) is 0 Å². The molecule has 1 aromatic carbocycles. The molecular formula is C16H22O5. The van der Waals surface area contributed by atoms with Gasteiger partial charge in [0.05, 0.1) is 19.8 Å². The second kappa shape index (κ2) is 6.02. The number of fused-ring (bicyclic) bond motifs is 1. The van der Waals surface area contributed by atoms with E-state index in [0.717, 1.165) is 5.56 Å². The van der Waals surface area contributed by atoms with Gasteiger partial charge in [-0.05, 0) is 19.4 Å². The van der Waals surface area contributed by atoms with Crippen LogP contribution in [0.2, 0.25) is 0 Å². The summed E-state index contributed by atoms with van der Waals surface area (Å²) in [5, 5.41) is 10.2. The largest absolute Gasteiger partial charge is 0.388 e. The van der Waals surface area contributed by atoms with Crippen LogP contribution in [0.1, 0.15) is 19.4 Å². The fourth-order valence-electron chi connectivity index (χ4n) is 2.75. The van der Waals surface area contributed by atoms with Gasteiger partial charge in [-0.25, -0.2) is 0 Å². The average Bonchev–Trinajstić information content (AvgIpc) is 2.46. The number of ether oxygens (including phenoxy) is 4. The molecule has 0 saturated carbocycles. The van der Waals surface area contributed by atoms with E-state index in [-0.39, 0.29) is 18.8 Å². The van der Waals surface area contributed by atoms with Crippen LogP contribution in [0.4, 0.5) is 0 Å². The lowest BCUT2D eigenvalue weighted by Crippen LogP contribution is -2.62. The Morgan fingerprint density at radius 3 is 2.76 bits per heavy atom. The van der Waals surface area contributed by atoms with Crippen LogP contribution in [0.15, 0.2) is 30.3 Å². The first-order valence-corrected chi connectivity index (χ1v) is 7.32. The minimum atomic E-state index is -0.691. The molecule has 0 spiro atoms. The minimum Gasteiger partial charge on any atom is -0.388 e. The van der Waals surface area contributed by atoms with Crippen molar-refractivity contribution in [2.24, 2.45) is 0 Å². The van der Waals surface area contributed by atoms with Crippen LogP contribution in [0, 0.1) is 0 Å². The molecule has 0 aromatic heterocycles. The Morgan fingerprint density at radius 2 is 2.00 bits per heavy atom. The van der Waals surface area contributed by atoms with Gasteiger partial charge in [0.15, 0.2) is 5.79 Å². The van der Waals surface area contributed by atoms with E-state index in [1.807, 2.05) is 44.2 Å². The highest BCUT2D eigenvalue weighted by molar-refractivity contribution is 5.13. The Bertz CT molecular complexity index is 461. The van der Waals surface area contributed by atoms with E-state index < -0.39 is 18.0 Å². The lowest BCUT2D eigenvalue weighted by Gasteiger charge is -2.47. The fraction of sp³-hybridized carbons (Fsp3) is 0.625. The first-order valence-electron chi connectivity index (χ1n) is 7.32. The summed E-state index contributed by atoms with van der Waals surface area (Å²) >= 11 is 0. The predicted octanol–water partition coefficient (Wildman–Crippen LogP) is 1.48. The van der Waals surface area contributed by atoms with Crippen molar-refractivity contribution < 1.29 is 24.1 Å². The van der Waals surface area contributed by atoms with Gasteiger partial charge in [0.2, 0.25) is 0 Å². The zero-order valence-corrected chi connectivity index (χ0v) is 12.4. The predicted molar refractivity (Wildman–Crippen MR) is 75.7 cm³/mol. The van der Waals surface area contributed by atoms with Gasteiger partial charge < -0.3 is 24.1 Å². The van der Waals surface area contributed by atoms with Crippen molar-refractivity contribution in [3.05, 3.63) is 35.9 Å². The van der Waals surface area contributed by atoms with E-state index in [2.05, 4.69) is 0 Å². The van der Waals surface area contributed by atoms with Gasteiger partial charge in [0.25, 0.3) is 0 Å². The van der Waals surface area contributed by atoms with Gasteiger partial charge in [-0.3, -0.25) is 0 Å². The summed E-state index contributed by atoms with van der Waals surface area (Å²) in [4.78, 5) is 0. The van der Waals surface area contributed by atoms with E-state index in [9.17, 15) is 5.11 Å². The van der Waals surface area contributed by atoms with Gasteiger partial charge in [-0.1, -0.05) is 30.3 Å². The van der Waals surface area contributed by atoms with E-state index in [1.165, 1.54) is 0 Å². The van der Waals surface area contributed by atoms with Crippen molar-refractivity contribution in [3.8, 4) is 0 Å². The van der Waals surface area contributed by atoms with Crippen LogP contribution >= 0.6 is 0 Å². The number of aliphatic hydroxyl groups excluding tert-OH is 1. The van der Waals surface area contributed by atoms with E-state index >= 15 is 0 Å². The smallest absolute Gasteiger partial charge is 0.163 e. The van der Waals surface area contributed by atoms with Gasteiger partial charge >= 0.3 is 0 Å². The summed E-state index contributed by atoms with van der Waals surface area (Å²) in [6.45, 7) is 4.86. The maximum atomic E-state index is 10.2. The Balaban J connectivity index is 1.68. The molecule has 0 aliphatic carbocycles. The summed E-state index contributed by atoms with van der Waals surface area (Å²) in [6.07, 6.45) is -1.61. The molecule has 0 bridgehead atoms. The normalized spacial score (nSPS) is 35.2. The third kappa shape index (κ3) is 3.44. The minimum absolute atomic E-state index is 0.192. The van der Waals surface area contributed by atoms with Crippen molar-refractivity contribution in [3.63, 3.8) is 0 Å². The van der Waals surface area contributed by atoms with Crippen molar-refractivity contribution in [2.45, 2.75) is 50.7 Å². The van der Waals surface area contributed by atoms with Crippen LogP contribution in [0.25, 0.3) is 0 Å². The second-order valence-electron chi connectivity index (χ2n) is 5.99. The molecule has 2 fully saturated rings. The third-order valence-corrected chi connectivity index (χ3v) is 3.85.